The first kappa shape index (κ1) is 13.9. The molecule has 0 fully saturated rings. The van der Waals surface area contributed by atoms with Crippen LogP contribution in [0.4, 0.5) is 0 Å². The number of rotatable bonds is 5. The molecule has 1 aromatic heterocycles. The van der Waals surface area contributed by atoms with Gasteiger partial charge in [0.2, 0.25) is 0 Å². The zero-order valence-corrected chi connectivity index (χ0v) is 12.2. The molecule has 0 aliphatic carbocycles. The molecular weight excluding hydrogens is 288 g/mol. The minimum atomic E-state index is -0.383. The normalized spacial score (nSPS) is 16.7. The molecule has 2 aromatic rings. The van der Waals surface area contributed by atoms with Gasteiger partial charge in [-0.2, -0.15) is 0 Å². The predicted molar refractivity (Wildman–Crippen MR) is 80.9 cm³/mol. The Morgan fingerprint density at radius 2 is 2.10 bits per heavy atom. The van der Waals surface area contributed by atoms with Gasteiger partial charge in [0.1, 0.15) is 12.7 Å². The second kappa shape index (κ2) is 6.15. The average molecular weight is 304 g/mol. The molecule has 3 rings (SSSR count). The van der Waals surface area contributed by atoms with Gasteiger partial charge < -0.3 is 20.5 Å². The number of thiophene rings is 1. The van der Waals surface area contributed by atoms with Gasteiger partial charge >= 0.3 is 0 Å². The Morgan fingerprint density at radius 3 is 2.86 bits per heavy atom. The van der Waals surface area contributed by atoms with Crippen molar-refractivity contribution >= 4 is 17.2 Å². The Balaban J connectivity index is 1.49. The van der Waals surface area contributed by atoms with Gasteiger partial charge in [-0.1, -0.05) is 12.1 Å². The zero-order valence-electron chi connectivity index (χ0n) is 11.4. The van der Waals surface area contributed by atoms with E-state index in [1.54, 1.807) is 6.07 Å². The molecule has 110 valence electrons. The third kappa shape index (κ3) is 3.34. The van der Waals surface area contributed by atoms with Gasteiger partial charge in [-0.05, 0) is 24.3 Å². The van der Waals surface area contributed by atoms with E-state index in [9.17, 15) is 4.79 Å². The van der Waals surface area contributed by atoms with Crippen LogP contribution in [0.5, 0.6) is 11.5 Å². The van der Waals surface area contributed by atoms with Crippen LogP contribution in [0.2, 0.25) is 0 Å². The molecule has 0 saturated carbocycles. The number of carbonyl (C=O) groups excluding carboxylic acids is 1. The molecule has 0 radical (unpaired) electrons. The van der Waals surface area contributed by atoms with Crippen LogP contribution in [-0.2, 0) is 6.54 Å². The van der Waals surface area contributed by atoms with Gasteiger partial charge in [-0.3, -0.25) is 4.79 Å². The van der Waals surface area contributed by atoms with Crippen LogP contribution in [0.3, 0.4) is 0 Å². The van der Waals surface area contributed by atoms with E-state index in [4.69, 9.17) is 15.2 Å². The number of nitrogens with two attached hydrogens (primary N) is 1. The van der Waals surface area contributed by atoms with Gasteiger partial charge in [-0.15, -0.1) is 11.3 Å². The van der Waals surface area contributed by atoms with Crippen molar-refractivity contribution in [2.45, 2.75) is 12.6 Å². The Bertz CT molecular complexity index is 641. The Morgan fingerprint density at radius 1 is 1.29 bits per heavy atom. The number of hydrogen-bond acceptors (Lipinski definition) is 5. The van der Waals surface area contributed by atoms with E-state index in [-0.39, 0.29) is 12.0 Å². The lowest BCUT2D eigenvalue weighted by Crippen LogP contribution is -2.38. The molecule has 1 atom stereocenters. The molecule has 1 amide bonds. The van der Waals surface area contributed by atoms with E-state index in [0.29, 0.717) is 24.6 Å². The van der Waals surface area contributed by atoms with Crippen LogP contribution in [0.1, 0.15) is 14.5 Å². The Kier molecular flexibility index (Phi) is 4.08. The van der Waals surface area contributed by atoms with Crippen molar-refractivity contribution in [3.05, 3.63) is 46.2 Å². The number of amides is 1. The highest BCUT2D eigenvalue weighted by Crippen LogP contribution is 2.30. The standard InChI is InChI=1S/C15H16N2O3S/c16-15(18)14-6-5-11(21-14)8-17-7-10-9-19-12-3-1-2-4-13(12)20-10/h1-6,10,17H,7-9H2,(H2,16,18)/t10-/m0/s1. The predicted octanol–water partition coefficient (Wildman–Crippen LogP) is 1.78. The van der Waals surface area contributed by atoms with E-state index in [0.717, 1.165) is 16.4 Å². The minimum Gasteiger partial charge on any atom is -0.486 e. The molecular formula is C15H16N2O3S. The summed E-state index contributed by atoms with van der Waals surface area (Å²) < 4.78 is 11.5. The number of para-hydroxylation sites is 2. The maximum atomic E-state index is 11.0. The minimum absolute atomic E-state index is 0.0181. The second-order valence-corrected chi connectivity index (χ2v) is 5.93. The summed E-state index contributed by atoms with van der Waals surface area (Å²) in [7, 11) is 0. The number of hydrogen-bond donors (Lipinski definition) is 2. The summed E-state index contributed by atoms with van der Waals surface area (Å²) in [5.41, 5.74) is 5.23. The summed E-state index contributed by atoms with van der Waals surface area (Å²) >= 11 is 1.41. The topological polar surface area (TPSA) is 73.6 Å². The van der Waals surface area contributed by atoms with Gasteiger partial charge in [0.15, 0.2) is 11.5 Å². The molecule has 1 aliphatic heterocycles. The lowest BCUT2D eigenvalue weighted by atomic mass is 10.2. The number of primary amides is 1. The van der Waals surface area contributed by atoms with Crippen LogP contribution < -0.4 is 20.5 Å². The van der Waals surface area contributed by atoms with E-state index in [1.165, 1.54) is 11.3 Å². The third-order valence-corrected chi connectivity index (χ3v) is 4.24. The number of nitrogens with one attached hydrogen (secondary N) is 1. The quantitative estimate of drug-likeness (QED) is 0.883. The highest BCUT2D eigenvalue weighted by atomic mass is 32.1. The van der Waals surface area contributed by atoms with E-state index < -0.39 is 0 Å². The van der Waals surface area contributed by atoms with Crippen LogP contribution >= 0.6 is 11.3 Å². The summed E-state index contributed by atoms with van der Waals surface area (Å²) in [6, 6.07) is 11.3. The Hall–Kier alpha value is -2.05. The fraction of sp³-hybridized carbons (Fsp3) is 0.267. The zero-order chi connectivity index (χ0) is 14.7. The van der Waals surface area contributed by atoms with Crippen molar-refractivity contribution in [3.8, 4) is 11.5 Å². The number of carbonyl (C=O) groups is 1. The number of benzene rings is 1. The maximum absolute atomic E-state index is 11.0. The van der Waals surface area contributed by atoms with Crippen molar-refractivity contribution in [3.63, 3.8) is 0 Å². The first-order valence-electron chi connectivity index (χ1n) is 6.70. The summed E-state index contributed by atoms with van der Waals surface area (Å²) in [5.74, 6) is 1.19. The molecule has 6 heteroatoms. The van der Waals surface area contributed by atoms with Gasteiger partial charge in [0, 0.05) is 18.0 Å². The maximum Gasteiger partial charge on any atom is 0.258 e. The van der Waals surface area contributed by atoms with Gasteiger partial charge in [-0.25, -0.2) is 0 Å². The van der Waals surface area contributed by atoms with Crippen LogP contribution in [0.25, 0.3) is 0 Å². The van der Waals surface area contributed by atoms with E-state index in [1.807, 2.05) is 30.3 Å². The molecule has 21 heavy (non-hydrogen) atoms. The van der Waals surface area contributed by atoms with Crippen LogP contribution in [0.15, 0.2) is 36.4 Å². The smallest absolute Gasteiger partial charge is 0.258 e. The summed E-state index contributed by atoms with van der Waals surface area (Å²) in [6.07, 6.45) is -0.0181. The van der Waals surface area contributed by atoms with Crippen molar-refractivity contribution in [2.24, 2.45) is 5.73 Å². The van der Waals surface area contributed by atoms with E-state index >= 15 is 0 Å². The molecule has 2 heterocycles. The molecule has 1 aromatic carbocycles. The summed E-state index contributed by atoms with van der Waals surface area (Å²) in [4.78, 5) is 12.7. The van der Waals surface area contributed by atoms with Crippen molar-refractivity contribution in [1.82, 2.24) is 5.32 Å². The molecule has 0 unspecified atom stereocenters. The highest BCUT2D eigenvalue weighted by molar-refractivity contribution is 7.14. The molecule has 0 saturated heterocycles. The molecule has 0 spiro atoms. The summed E-state index contributed by atoms with van der Waals surface area (Å²) in [6.45, 7) is 1.89. The second-order valence-electron chi connectivity index (χ2n) is 4.76. The molecule has 5 nitrogen and oxygen atoms in total. The van der Waals surface area contributed by atoms with E-state index in [2.05, 4.69) is 5.32 Å². The number of fused-ring (bicyclic) bond motifs is 1. The fourth-order valence-electron chi connectivity index (χ4n) is 2.13. The lowest BCUT2D eigenvalue weighted by molar-refractivity contribution is 0.0903. The van der Waals surface area contributed by atoms with Crippen LogP contribution in [-0.4, -0.2) is 25.2 Å². The molecule has 1 aliphatic rings. The highest BCUT2D eigenvalue weighted by Gasteiger charge is 2.20. The van der Waals surface area contributed by atoms with Crippen LogP contribution in [0, 0.1) is 0 Å². The first-order chi connectivity index (χ1) is 10.2. The van der Waals surface area contributed by atoms with Gasteiger partial charge in [0.05, 0.1) is 4.88 Å². The summed E-state index contributed by atoms with van der Waals surface area (Å²) in [5, 5.41) is 3.31. The SMILES string of the molecule is NC(=O)c1ccc(CNC[C@H]2COc3ccccc3O2)s1. The lowest BCUT2D eigenvalue weighted by Gasteiger charge is -2.26. The van der Waals surface area contributed by atoms with Crippen molar-refractivity contribution in [1.29, 1.82) is 0 Å². The fourth-order valence-corrected chi connectivity index (χ4v) is 2.95. The van der Waals surface area contributed by atoms with Gasteiger partial charge in [0.25, 0.3) is 5.91 Å². The van der Waals surface area contributed by atoms with Crippen molar-refractivity contribution in [2.75, 3.05) is 13.2 Å². The molecule has 3 N–H and O–H groups in total. The van der Waals surface area contributed by atoms with Crippen molar-refractivity contribution < 1.29 is 14.3 Å². The Labute approximate surface area is 126 Å². The number of ether oxygens (including phenoxy) is 2. The third-order valence-electron chi connectivity index (χ3n) is 3.14. The average Bonchev–Trinajstić information content (AvgIpc) is 2.96. The monoisotopic (exact) mass is 304 g/mol. The first-order valence-corrected chi connectivity index (χ1v) is 7.52. The largest absolute Gasteiger partial charge is 0.486 e. The molecule has 0 bridgehead atoms.